The molecule has 1 aromatic heterocycles. The average Bonchev–Trinajstić information content (AvgIpc) is 3.10. The third kappa shape index (κ3) is 8.33. The lowest BCUT2D eigenvalue weighted by Crippen LogP contribution is -2.47. The summed E-state index contributed by atoms with van der Waals surface area (Å²) in [5, 5.41) is 11.4. The largest absolute Gasteiger partial charge is 0.369 e. The fraction of sp³-hybridized carbons (Fsp3) is 0.565. The number of piperazine rings is 1. The zero-order chi connectivity index (χ0) is 21.2. The Hall–Kier alpha value is -1.81. The van der Waals surface area contributed by atoms with E-state index < -0.39 is 0 Å². The number of hydrogen-bond acceptors (Lipinski definition) is 4. The van der Waals surface area contributed by atoms with Crippen LogP contribution in [-0.2, 0) is 6.54 Å². The van der Waals surface area contributed by atoms with E-state index >= 15 is 0 Å². The quantitative estimate of drug-likeness (QED) is 0.222. The lowest BCUT2D eigenvalue weighted by molar-refractivity contribution is 0.255. The van der Waals surface area contributed by atoms with E-state index in [2.05, 4.69) is 78.5 Å². The second-order valence-electron chi connectivity index (χ2n) is 7.95. The number of nitrogens with one attached hydrogen (secondary N) is 2. The summed E-state index contributed by atoms with van der Waals surface area (Å²) >= 11 is 0. The Morgan fingerprint density at radius 2 is 1.61 bits per heavy atom. The lowest BCUT2D eigenvalue weighted by atomic mass is 10.2. The van der Waals surface area contributed by atoms with Crippen LogP contribution in [0.4, 0.5) is 5.69 Å². The Bertz CT molecular complexity index is 782. The second-order valence-corrected chi connectivity index (χ2v) is 7.95. The van der Waals surface area contributed by atoms with Crippen molar-refractivity contribution in [2.45, 2.75) is 33.2 Å². The molecule has 7 nitrogen and oxygen atoms in total. The highest BCUT2D eigenvalue weighted by Crippen LogP contribution is 2.15. The molecule has 1 aliphatic rings. The van der Waals surface area contributed by atoms with Gasteiger partial charge in [0, 0.05) is 64.2 Å². The number of guanidine groups is 1. The fourth-order valence-electron chi connectivity index (χ4n) is 3.94. The first-order valence-electron chi connectivity index (χ1n) is 11.1. The number of aromatic nitrogens is 2. The van der Waals surface area contributed by atoms with Gasteiger partial charge in [0.2, 0.25) is 0 Å². The standard InChI is InChI=1S/C23H37N7.HI/c1-20-19-21(2)30(27-20)14-8-12-26-23(24-3)25-11-7-13-28-15-17-29(18-16-28)22-9-5-4-6-10-22;/h4-6,9-10,19H,7-8,11-18H2,1-3H3,(H2,24,25,26);1H. The Kier molecular flexibility index (Phi) is 11.1. The Morgan fingerprint density at radius 3 is 2.19 bits per heavy atom. The van der Waals surface area contributed by atoms with E-state index in [0.717, 1.165) is 76.9 Å². The summed E-state index contributed by atoms with van der Waals surface area (Å²) in [4.78, 5) is 9.37. The molecule has 0 spiro atoms. The number of para-hydroxylation sites is 1. The first-order valence-corrected chi connectivity index (χ1v) is 11.1. The molecule has 2 heterocycles. The summed E-state index contributed by atoms with van der Waals surface area (Å²) in [6.45, 7) is 12.5. The van der Waals surface area contributed by atoms with E-state index in [1.807, 2.05) is 14.0 Å². The monoisotopic (exact) mass is 539 g/mol. The molecule has 8 heteroatoms. The van der Waals surface area contributed by atoms with Crippen LogP contribution in [-0.4, -0.2) is 73.5 Å². The van der Waals surface area contributed by atoms with Gasteiger partial charge in [0.25, 0.3) is 0 Å². The molecule has 0 atom stereocenters. The Morgan fingerprint density at radius 1 is 0.968 bits per heavy atom. The molecule has 0 radical (unpaired) electrons. The molecule has 0 aliphatic carbocycles. The first-order chi connectivity index (χ1) is 14.7. The SMILES string of the molecule is CN=C(NCCCN1CCN(c2ccccc2)CC1)NCCCn1nc(C)cc1C.I. The zero-order valence-corrected chi connectivity index (χ0v) is 21.5. The van der Waals surface area contributed by atoms with Crippen LogP contribution >= 0.6 is 24.0 Å². The molecular formula is C23H38IN7. The molecule has 0 amide bonds. The van der Waals surface area contributed by atoms with Gasteiger partial charge in [-0.1, -0.05) is 18.2 Å². The summed E-state index contributed by atoms with van der Waals surface area (Å²) in [6, 6.07) is 12.8. The highest BCUT2D eigenvalue weighted by Gasteiger charge is 2.16. The minimum Gasteiger partial charge on any atom is -0.369 e. The van der Waals surface area contributed by atoms with Crippen molar-refractivity contribution in [1.29, 1.82) is 0 Å². The molecule has 1 aromatic carbocycles. The predicted molar refractivity (Wildman–Crippen MR) is 141 cm³/mol. The molecule has 0 saturated carbocycles. The van der Waals surface area contributed by atoms with Gasteiger partial charge in [0.15, 0.2) is 5.96 Å². The third-order valence-corrected chi connectivity index (χ3v) is 5.60. The lowest BCUT2D eigenvalue weighted by Gasteiger charge is -2.36. The van der Waals surface area contributed by atoms with Crippen molar-refractivity contribution in [3.8, 4) is 0 Å². The molecule has 31 heavy (non-hydrogen) atoms. The van der Waals surface area contributed by atoms with E-state index in [-0.39, 0.29) is 24.0 Å². The van der Waals surface area contributed by atoms with Crippen LogP contribution < -0.4 is 15.5 Å². The van der Waals surface area contributed by atoms with Gasteiger partial charge in [-0.25, -0.2) is 0 Å². The molecule has 2 N–H and O–H groups in total. The summed E-state index contributed by atoms with van der Waals surface area (Å²) in [5.74, 6) is 0.886. The second kappa shape index (κ2) is 13.6. The van der Waals surface area contributed by atoms with Gasteiger partial charge in [0.1, 0.15) is 0 Å². The van der Waals surface area contributed by atoms with Crippen LogP contribution in [0.1, 0.15) is 24.2 Å². The minimum atomic E-state index is 0. The van der Waals surface area contributed by atoms with Crippen LogP contribution in [0.3, 0.4) is 0 Å². The molecule has 3 rings (SSSR count). The molecule has 0 bridgehead atoms. The van der Waals surface area contributed by atoms with Gasteiger partial charge in [-0.05, 0) is 51.4 Å². The Balaban J connectivity index is 0.00000341. The predicted octanol–water partition coefficient (Wildman–Crippen LogP) is 2.89. The van der Waals surface area contributed by atoms with Gasteiger partial charge in [0.05, 0.1) is 5.69 Å². The first kappa shape index (κ1) is 25.5. The van der Waals surface area contributed by atoms with Crippen LogP contribution in [0.15, 0.2) is 41.4 Å². The molecule has 1 saturated heterocycles. The minimum absolute atomic E-state index is 0. The van der Waals surface area contributed by atoms with E-state index in [9.17, 15) is 0 Å². The average molecular weight is 540 g/mol. The van der Waals surface area contributed by atoms with Crippen LogP contribution in [0.25, 0.3) is 0 Å². The van der Waals surface area contributed by atoms with Crippen molar-refractivity contribution in [1.82, 2.24) is 25.3 Å². The summed E-state index contributed by atoms with van der Waals surface area (Å²) < 4.78 is 2.07. The molecule has 1 aliphatic heterocycles. The Labute approximate surface area is 204 Å². The number of rotatable bonds is 9. The maximum atomic E-state index is 4.51. The zero-order valence-electron chi connectivity index (χ0n) is 19.2. The molecule has 172 valence electrons. The van der Waals surface area contributed by atoms with Crippen molar-refractivity contribution in [3.05, 3.63) is 47.8 Å². The van der Waals surface area contributed by atoms with Gasteiger partial charge < -0.3 is 15.5 Å². The van der Waals surface area contributed by atoms with Crippen LogP contribution in [0, 0.1) is 13.8 Å². The number of aryl methyl sites for hydroxylation is 3. The highest BCUT2D eigenvalue weighted by atomic mass is 127. The number of anilines is 1. The van der Waals surface area contributed by atoms with Gasteiger partial charge >= 0.3 is 0 Å². The maximum absolute atomic E-state index is 4.51. The molecule has 2 aromatic rings. The number of nitrogens with zero attached hydrogens (tertiary/aromatic N) is 5. The van der Waals surface area contributed by atoms with E-state index in [1.54, 1.807) is 0 Å². The van der Waals surface area contributed by atoms with Gasteiger partial charge in [-0.2, -0.15) is 5.10 Å². The number of halogens is 1. The van der Waals surface area contributed by atoms with Crippen LogP contribution in [0.2, 0.25) is 0 Å². The summed E-state index contributed by atoms with van der Waals surface area (Å²) in [7, 11) is 1.83. The highest BCUT2D eigenvalue weighted by molar-refractivity contribution is 14.0. The molecular weight excluding hydrogens is 501 g/mol. The number of aliphatic imine (C=N–C) groups is 1. The van der Waals surface area contributed by atoms with E-state index in [1.165, 1.54) is 11.4 Å². The maximum Gasteiger partial charge on any atom is 0.190 e. The van der Waals surface area contributed by atoms with Crippen molar-refractivity contribution in [2.24, 2.45) is 4.99 Å². The summed E-state index contributed by atoms with van der Waals surface area (Å²) in [5.41, 5.74) is 3.64. The van der Waals surface area contributed by atoms with Crippen molar-refractivity contribution >= 4 is 35.6 Å². The van der Waals surface area contributed by atoms with Crippen LogP contribution in [0.5, 0.6) is 0 Å². The smallest absolute Gasteiger partial charge is 0.190 e. The summed E-state index contributed by atoms with van der Waals surface area (Å²) in [6.07, 6.45) is 2.14. The molecule has 1 fully saturated rings. The van der Waals surface area contributed by atoms with Crippen molar-refractivity contribution < 1.29 is 0 Å². The number of benzene rings is 1. The topological polar surface area (TPSA) is 60.7 Å². The number of hydrogen-bond donors (Lipinski definition) is 2. The van der Waals surface area contributed by atoms with E-state index in [4.69, 9.17) is 0 Å². The van der Waals surface area contributed by atoms with Crippen molar-refractivity contribution in [2.75, 3.05) is 57.8 Å². The normalized spacial score (nSPS) is 14.9. The van der Waals surface area contributed by atoms with E-state index in [0.29, 0.717) is 0 Å². The molecule has 0 unspecified atom stereocenters. The van der Waals surface area contributed by atoms with Crippen molar-refractivity contribution in [3.63, 3.8) is 0 Å². The van der Waals surface area contributed by atoms with Gasteiger partial charge in [-0.15, -0.1) is 24.0 Å². The fourth-order valence-corrected chi connectivity index (χ4v) is 3.94. The third-order valence-electron chi connectivity index (χ3n) is 5.60. The van der Waals surface area contributed by atoms with Gasteiger partial charge in [-0.3, -0.25) is 14.6 Å².